The van der Waals surface area contributed by atoms with E-state index in [1.54, 1.807) is 0 Å². The van der Waals surface area contributed by atoms with Gasteiger partial charge in [-0.25, -0.2) is 13.2 Å². The molecule has 28 heavy (non-hydrogen) atoms. The lowest BCUT2D eigenvalue weighted by Gasteiger charge is -2.30. The molecule has 10 heteroatoms. The molecule has 2 N–H and O–H groups in total. The summed E-state index contributed by atoms with van der Waals surface area (Å²) in [5.41, 5.74) is 1.58. The molecule has 1 spiro atoms. The maximum absolute atomic E-state index is 12.7. The third-order valence-electron chi connectivity index (χ3n) is 5.97. The molecule has 3 aliphatic rings. The molecular weight excluding hydrogens is 384 g/mol. The summed E-state index contributed by atoms with van der Waals surface area (Å²) >= 11 is 0. The van der Waals surface area contributed by atoms with Crippen molar-refractivity contribution in [2.75, 3.05) is 24.6 Å². The van der Waals surface area contributed by atoms with Gasteiger partial charge in [-0.1, -0.05) is 26.2 Å². The van der Waals surface area contributed by atoms with Gasteiger partial charge >= 0.3 is 6.03 Å². The predicted octanol–water partition coefficient (Wildman–Crippen LogP) is 0.562. The summed E-state index contributed by atoms with van der Waals surface area (Å²) in [6.07, 6.45) is 5.54. The molecule has 1 saturated carbocycles. The number of imide groups is 1. The number of amides is 4. The zero-order chi connectivity index (χ0) is 20.4. The summed E-state index contributed by atoms with van der Waals surface area (Å²) in [5.74, 6) is -0.477. The Bertz CT molecular complexity index is 732. The highest BCUT2D eigenvalue weighted by molar-refractivity contribution is 7.91. The number of hydrazine groups is 1. The van der Waals surface area contributed by atoms with Gasteiger partial charge in [-0.3, -0.25) is 19.9 Å². The zero-order valence-corrected chi connectivity index (χ0v) is 17.2. The van der Waals surface area contributed by atoms with Crippen LogP contribution in [0, 0.1) is 0 Å². The summed E-state index contributed by atoms with van der Waals surface area (Å²) in [5, 5.41) is 3.58. The fraction of sp³-hybridized carbons (Fsp3) is 0.833. The Morgan fingerprint density at radius 2 is 1.96 bits per heavy atom. The Hall–Kier alpha value is -1.68. The van der Waals surface area contributed by atoms with Crippen LogP contribution < -0.4 is 10.7 Å². The fourth-order valence-corrected chi connectivity index (χ4v) is 6.23. The van der Waals surface area contributed by atoms with Gasteiger partial charge in [0.05, 0.1) is 11.5 Å². The monoisotopic (exact) mass is 414 g/mol. The van der Waals surface area contributed by atoms with Gasteiger partial charge in [0, 0.05) is 19.0 Å². The average Bonchev–Trinajstić information content (AvgIpc) is 3.11. The number of carbonyl (C=O) groups excluding carboxylic acids is 3. The van der Waals surface area contributed by atoms with Crippen LogP contribution in [0.25, 0.3) is 0 Å². The van der Waals surface area contributed by atoms with E-state index in [2.05, 4.69) is 10.7 Å². The van der Waals surface area contributed by atoms with Crippen molar-refractivity contribution in [2.24, 2.45) is 0 Å². The molecule has 0 bridgehead atoms. The summed E-state index contributed by atoms with van der Waals surface area (Å²) in [6, 6.07) is -0.646. The minimum Gasteiger partial charge on any atom is -0.322 e. The molecule has 4 amide bonds. The highest BCUT2D eigenvalue weighted by atomic mass is 32.2. The molecule has 0 aromatic rings. The lowest BCUT2D eigenvalue weighted by atomic mass is 9.82. The second kappa shape index (κ2) is 8.36. The van der Waals surface area contributed by atoms with E-state index in [1.165, 1.54) is 0 Å². The third-order valence-corrected chi connectivity index (χ3v) is 7.72. The number of hydrogen-bond acceptors (Lipinski definition) is 6. The number of rotatable bonds is 7. The quantitative estimate of drug-likeness (QED) is 0.588. The minimum absolute atomic E-state index is 0.0695. The van der Waals surface area contributed by atoms with Crippen molar-refractivity contribution >= 4 is 27.7 Å². The number of carbonyl (C=O) groups is 3. The summed E-state index contributed by atoms with van der Waals surface area (Å²) in [6.45, 7) is 3.11. The first kappa shape index (κ1) is 21.0. The van der Waals surface area contributed by atoms with E-state index in [4.69, 9.17) is 0 Å². The molecule has 1 unspecified atom stereocenters. The van der Waals surface area contributed by atoms with Gasteiger partial charge in [0.2, 0.25) is 5.91 Å². The largest absolute Gasteiger partial charge is 0.344 e. The molecule has 2 saturated heterocycles. The Kier molecular flexibility index (Phi) is 6.28. The average molecular weight is 415 g/mol. The zero-order valence-electron chi connectivity index (χ0n) is 16.4. The van der Waals surface area contributed by atoms with Crippen molar-refractivity contribution in [3.63, 3.8) is 0 Å². The van der Waals surface area contributed by atoms with Crippen molar-refractivity contribution in [3.8, 4) is 0 Å². The summed E-state index contributed by atoms with van der Waals surface area (Å²) < 4.78 is 23.5. The molecular formula is C18H30N4O5S. The van der Waals surface area contributed by atoms with E-state index in [0.717, 1.165) is 30.7 Å². The van der Waals surface area contributed by atoms with Gasteiger partial charge in [-0.15, -0.1) is 0 Å². The van der Waals surface area contributed by atoms with E-state index < -0.39 is 27.3 Å². The van der Waals surface area contributed by atoms with Crippen LogP contribution in [0.2, 0.25) is 0 Å². The smallest absolute Gasteiger partial charge is 0.322 e. The fourth-order valence-electron chi connectivity index (χ4n) is 4.47. The van der Waals surface area contributed by atoms with Gasteiger partial charge < -0.3 is 5.32 Å². The maximum atomic E-state index is 12.7. The third kappa shape index (κ3) is 4.48. The van der Waals surface area contributed by atoms with Crippen LogP contribution in [0.5, 0.6) is 0 Å². The molecule has 0 aromatic carbocycles. The van der Waals surface area contributed by atoms with Crippen LogP contribution in [-0.4, -0.2) is 72.3 Å². The lowest BCUT2D eigenvalue weighted by Crippen LogP contribution is -2.51. The number of urea groups is 1. The number of nitrogens with one attached hydrogen (secondary N) is 2. The molecule has 158 valence electrons. The molecule has 1 aliphatic carbocycles. The van der Waals surface area contributed by atoms with E-state index in [1.807, 2.05) is 11.8 Å². The molecule has 0 radical (unpaired) electrons. The SMILES string of the molecule is CCCN(CCC(=O)NN1C(=O)NC2(CCCCC2)C1=O)C1CCS(=O)(=O)C1. The molecule has 9 nitrogen and oxygen atoms in total. The second-order valence-corrected chi connectivity index (χ2v) is 10.3. The number of hydrogen-bond donors (Lipinski definition) is 2. The summed E-state index contributed by atoms with van der Waals surface area (Å²) in [4.78, 5) is 39.3. The van der Waals surface area contributed by atoms with Crippen molar-refractivity contribution in [1.29, 1.82) is 0 Å². The second-order valence-electron chi connectivity index (χ2n) is 8.09. The predicted molar refractivity (Wildman–Crippen MR) is 103 cm³/mol. The van der Waals surface area contributed by atoms with E-state index in [0.29, 0.717) is 32.4 Å². The molecule has 3 rings (SSSR count). The first-order chi connectivity index (χ1) is 13.3. The first-order valence-electron chi connectivity index (χ1n) is 10.2. The highest BCUT2D eigenvalue weighted by Crippen LogP contribution is 2.33. The van der Waals surface area contributed by atoms with Gasteiger partial charge in [-0.05, 0) is 32.2 Å². The van der Waals surface area contributed by atoms with Crippen LogP contribution in [-0.2, 0) is 19.4 Å². The molecule has 2 aliphatic heterocycles. The van der Waals surface area contributed by atoms with Crippen LogP contribution in [0.4, 0.5) is 4.79 Å². The first-order valence-corrected chi connectivity index (χ1v) is 12.0. The lowest BCUT2D eigenvalue weighted by molar-refractivity contribution is -0.140. The number of nitrogens with zero attached hydrogens (tertiary/aromatic N) is 2. The topological polar surface area (TPSA) is 116 Å². The minimum atomic E-state index is -2.99. The molecule has 0 aromatic heterocycles. The Balaban J connectivity index is 1.54. The Labute approximate surface area is 166 Å². The number of sulfone groups is 1. The normalized spacial score (nSPS) is 26.1. The van der Waals surface area contributed by atoms with E-state index in [-0.39, 0.29) is 29.9 Å². The highest BCUT2D eigenvalue weighted by Gasteiger charge is 2.52. The van der Waals surface area contributed by atoms with Gasteiger partial charge in [-0.2, -0.15) is 5.01 Å². The van der Waals surface area contributed by atoms with Gasteiger partial charge in [0.15, 0.2) is 9.84 Å². The van der Waals surface area contributed by atoms with Crippen molar-refractivity contribution in [1.82, 2.24) is 20.7 Å². The van der Waals surface area contributed by atoms with Crippen molar-refractivity contribution in [2.45, 2.75) is 69.9 Å². The van der Waals surface area contributed by atoms with Crippen molar-refractivity contribution < 1.29 is 22.8 Å². The maximum Gasteiger partial charge on any atom is 0.344 e. The molecule has 2 heterocycles. The standard InChI is InChI=1S/C18H30N4O5S/c1-2-10-21(14-7-12-28(26,27)13-14)11-6-15(23)20-22-16(24)18(19-17(22)25)8-4-3-5-9-18/h14H,2-13H2,1H3,(H,19,25)(H,20,23). The van der Waals surface area contributed by atoms with Crippen LogP contribution in [0.1, 0.15) is 58.3 Å². The van der Waals surface area contributed by atoms with Crippen LogP contribution >= 0.6 is 0 Å². The van der Waals surface area contributed by atoms with E-state index >= 15 is 0 Å². The van der Waals surface area contributed by atoms with Crippen LogP contribution in [0.15, 0.2) is 0 Å². The molecule has 1 atom stereocenters. The summed E-state index contributed by atoms with van der Waals surface area (Å²) in [7, 11) is -2.99. The Morgan fingerprint density at radius 1 is 1.25 bits per heavy atom. The molecule has 3 fully saturated rings. The van der Waals surface area contributed by atoms with Crippen LogP contribution in [0.3, 0.4) is 0 Å². The Morgan fingerprint density at radius 3 is 2.57 bits per heavy atom. The van der Waals surface area contributed by atoms with Gasteiger partial charge in [0.25, 0.3) is 5.91 Å². The van der Waals surface area contributed by atoms with Gasteiger partial charge in [0.1, 0.15) is 5.54 Å². The van der Waals surface area contributed by atoms with E-state index in [9.17, 15) is 22.8 Å². The van der Waals surface area contributed by atoms with Crippen molar-refractivity contribution in [3.05, 3.63) is 0 Å².